The van der Waals surface area contributed by atoms with Gasteiger partial charge in [0, 0.05) is 24.7 Å². The molecule has 3 nitrogen and oxygen atoms in total. The summed E-state index contributed by atoms with van der Waals surface area (Å²) in [5, 5.41) is 2.98. The Hall–Kier alpha value is -1.68. The first-order chi connectivity index (χ1) is 10.9. The van der Waals surface area contributed by atoms with Crippen LogP contribution in [0.25, 0.3) is 6.08 Å². The molecule has 1 aliphatic rings. The molecule has 23 heavy (non-hydrogen) atoms. The first kappa shape index (κ1) is 17.7. The zero-order chi connectivity index (χ0) is 16.9. The van der Waals surface area contributed by atoms with Crippen LogP contribution in [0.15, 0.2) is 30.3 Å². The molecule has 4 heteroatoms. The van der Waals surface area contributed by atoms with E-state index in [0.717, 1.165) is 24.6 Å². The quantitative estimate of drug-likeness (QED) is 0.843. The molecule has 1 aromatic rings. The summed E-state index contributed by atoms with van der Waals surface area (Å²) in [5.74, 6) is 0.327. The number of amides is 1. The van der Waals surface area contributed by atoms with Gasteiger partial charge in [0.25, 0.3) is 0 Å². The van der Waals surface area contributed by atoms with Crippen LogP contribution in [0.5, 0.6) is 0 Å². The van der Waals surface area contributed by atoms with Crippen LogP contribution >= 0.6 is 0 Å². The highest BCUT2D eigenvalue weighted by Gasteiger charge is 2.30. The van der Waals surface area contributed by atoms with E-state index in [0.29, 0.717) is 6.54 Å². The predicted molar refractivity (Wildman–Crippen MR) is 92.5 cm³/mol. The number of carbonyl (C=O) groups is 1. The lowest BCUT2D eigenvalue weighted by Crippen LogP contribution is -2.54. The van der Waals surface area contributed by atoms with Crippen LogP contribution in [0, 0.1) is 11.7 Å². The van der Waals surface area contributed by atoms with Crippen molar-refractivity contribution >= 4 is 12.0 Å². The van der Waals surface area contributed by atoms with Crippen LogP contribution in [0.4, 0.5) is 4.39 Å². The SMILES string of the molecule is CC1CCCN(C(C)(C)CNC(=O)C=Cc2ccc(F)cc2)C1. The fraction of sp³-hybridized carbons (Fsp3) is 0.526. The minimum absolute atomic E-state index is 0.0476. The van der Waals surface area contributed by atoms with Crippen LogP contribution in [-0.4, -0.2) is 36.0 Å². The third kappa shape index (κ3) is 5.47. The van der Waals surface area contributed by atoms with Crippen LogP contribution in [0.2, 0.25) is 0 Å². The van der Waals surface area contributed by atoms with Gasteiger partial charge in [-0.25, -0.2) is 4.39 Å². The summed E-state index contributed by atoms with van der Waals surface area (Å²) in [6.07, 6.45) is 5.72. The first-order valence-corrected chi connectivity index (χ1v) is 8.33. The smallest absolute Gasteiger partial charge is 0.244 e. The molecule has 1 saturated heterocycles. The average Bonchev–Trinajstić information content (AvgIpc) is 2.52. The lowest BCUT2D eigenvalue weighted by molar-refractivity contribution is -0.117. The molecule has 1 heterocycles. The van der Waals surface area contributed by atoms with Crippen molar-refractivity contribution in [2.45, 2.75) is 39.2 Å². The molecule has 1 aliphatic heterocycles. The highest BCUT2D eigenvalue weighted by atomic mass is 19.1. The van der Waals surface area contributed by atoms with Gasteiger partial charge in [0.05, 0.1) is 0 Å². The minimum atomic E-state index is -0.274. The number of piperidine rings is 1. The van der Waals surface area contributed by atoms with Crippen molar-refractivity contribution in [3.05, 3.63) is 41.7 Å². The van der Waals surface area contributed by atoms with E-state index in [1.807, 2.05) is 0 Å². The molecule has 0 bridgehead atoms. The zero-order valence-corrected chi connectivity index (χ0v) is 14.3. The molecule has 1 unspecified atom stereocenters. The number of halogens is 1. The van der Waals surface area contributed by atoms with Crippen molar-refractivity contribution in [2.75, 3.05) is 19.6 Å². The fourth-order valence-corrected chi connectivity index (χ4v) is 2.96. The van der Waals surface area contributed by atoms with Gasteiger partial charge in [-0.2, -0.15) is 0 Å². The van der Waals surface area contributed by atoms with Crippen molar-refractivity contribution < 1.29 is 9.18 Å². The van der Waals surface area contributed by atoms with Crippen LogP contribution in [0.1, 0.15) is 39.2 Å². The summed E-state index contributed by atoms with van der Waals surface area (Å²) in [6.45, 7) is 9.44. The van der Waals surface area contributed by atoms with Crippen molar-refractivity contribution in [3.8, 4) is 0 Å². The molecule has 0 aliphatic carbocycles. The number of nitrogens with one attached hydrogen (secondary N) is 1. The Bertz CT molecular complexity index is 551. The summed E-state index contributed by atoms with van der Waals surface area (Å²) in [5.41, 5.74) is 0.763. The van der Waals surface area contributed by atoms with E-state index < -0.39 is 0 Å². The predicted octanol–water partition coefficient (Wildman–Crippen LogP) is 3.47. The molecule has 2 rings (SSSR count). The third-order valence-electron chi connectivity index (χ3n) is 4.51. The van der Waals surface area contributed by atoms with E-state index in [1.54, 1.807) is 18.2 Å². The van der Waals surface area contributed by atoms with Gasteiger partial charge in [-0.15, -0.1) is 0 Å². The van der Waals surface area contributed by atoms with E-state index in [9.17, 15) is 9.18 Å². The minimum Gasteiger partial charge on any atom is -0.351 e. The van der Waals surface area contributed by atoms with Gasteiger partial charge < -0.3 is 5.32 Å². The largest absolute Gasteiger partial charge is 0.351 e. The summed E-state index contributed by atoms with van der Waals surface area (Å²) in [6, 6.07) is 6.08. The van der Waals surface area contributed by atoms with Gasteiger partial charge in [0.15, 0.2) is 0 Å². The van der Waals surface area contributed by atoms with E-state index >= 15 is 0 Å². The van der Waals surface area contributed by atoms with Crippen molar-refractivity contribution in [3.63, 3.8) is 0 Å². The molecule has 1 amide bonds. The van der Waals surface area contributed by atoms with Gasteiger partial charge in [0.1, 0.15) is 5.82 Å². The molecule has 0 aromatic heterocycles. The number of likely N-dealkylation sites (tertiary alicyclic amines) is 1. The Morgan fingerprint density at radius 3 is 2.74 bits per heavy atom. The normalized spacial score (nSPS) is 19.9. The Morgan fingerprint density at radius 2 is 2.09 bits per heavy atom. The maximum atomic E-state index is 12.8. The van der Waals surface area contributed by atoms with E-state index in [2.05, 4.69) is 31.0 Å². The molecule has 1 atom stereocenters. The summed E-state index contributed by atoms with van der Waals surface area (Å²) in [4.78, 5) is 14.5. The van der Waals surface area contributed by atoms with Crippen LogP contribution in [0.3, 0.4) is 0 Å². The number of hydrogen-bond donors (Lipinski definition) is 1. The molecular weight excluding hydrogens is 291 g/mol. The molecular formula is C19H27FN2O. The molecule has 0 radical (unpaired) electrons. The van der Waals surface area contributed by atoms with Crippen LogP contribution < -0.4 is 5.32 Å². The molecule has 0 spiro atoms. The summed E-state index contributed by atoms with van der Waals surface area (Å²) < 4.78 is 12.8. The van der Waals surface area contributed by atoms with Gasteiger partial charge in [-0.1, -0.05) is 19.1 Å². The van der Waals surface area contributed by atoms with Gasteiger partial charge >= 0.3 is 0 Å². The van der Waals surface area contributed by atoms with E-state index in [4.69, 9.17) is 0 Å². The zero-order valence-electron chi connectivity index (χ0n) is 14.3. The molecule has 1 aromatic carbocycles. The number of carbonyl (C=O) groups excluding carboxylic acids is 1. The van der Waals surface area contributed by atoms with Gasteiger partial charge in [-0.3, -0.25) is 9.69 Å². The number of benzene rings is 1. The second-order valence-electron chi connectivity index (χ2n) is 7.11. The Balaban J connectivity index is 1.84. The third-order valence-corrected chi connectivity index (χ3v) is 4.51. The monoisotopic (exact) mass is 318 g/mol. The molecule has 1 fully saturated rings. The maximum absolute atomic E-state index is 12.8. The fourth-order valence-electron chi connectivity index (χ4n) is 2.96. The highest BCUT2D eigenvalue weighted by Crippen LogP contribution is 2.23. The Kier molecular flexibility index (Phi) is 5.94. The summed E-state index contributed by atoms with van der Waals surface area (Å²) in [7, 11) is 0. The second kappa shape index (κ2) is 7.73. The molecule has 1 N–H and O–H groups in total. The molecule has 126 valence electrons. The lowest BCUT2D eigenvalue weighted by Gasteiger charge is -2.43. The van der Waals surface area contributed by atoms with Crippen molar-refractivity contribution in [1.82, 2.24) is 10.2 Å². The number of hydrogen-bond acceptors (Lipinski definition) is 2. The molecule has 0 saturated carbocycles. The lowest BCUT2D eigenvalue weighted by atomic mass is 9.93. The summed E-state index contributed by atoms with van der Waals surface area (Å²) >= 11 is 0. The number of nitrogens with zero attached hydrogens (tertiary/aromatic N) is 1. The second-order valence-corrected chi connectivity index (χ2v) is 7.11. The van der Waals surface area contributed by atoms with Gasteiger partial charge in [-0.05, 0) is 62.9 Å². The van der Waals surface area contributed by atoms with E-state index in [1.165, 1.54) is 31.1 Å². The Labute approximate surface area is 138 Å². The topological polar surface area (TPSA) is 32.3 Å². The van der Waals surface area contributed by atoms with Crippen LogP contribution in [-0.2, 0) is 4.79 Å². The van der Waals surface area contributed by atoms with Gasteiger partial charge in [0.2, 0.25) is 5.91 Å². The average molecular weight is 318 g/mol. The number of rotatable bonds is 5. The maximum Gasteiger partial charge on any atom is 0.244 e. The standard InChI is InChI=1S/C19H27FN2O/c1-15-5-4-12-22(13-15)19(2,3)14-21-18(23)11-8-16-6-9-17(20)10-7-16/h6-11,15H,4-5,12-14H2,1-3H3,(H,21,23). The highest BCUT2D eigenvalue weighted by molar-refractivity contribution is 5.91. The van der Waals surface area contributed by atoms with E-state index in [-0.39, 0.29) is 17.3 Å². The van der Waals surface area contributed by atoms with Crippen molar-refractivity contribution in [1.29, 1.82) is 0 Å². The first-order valence-electron chi connectivity index (χ1n) is 8.33. The Morgan fingerprint density at radius 1 is 1.39 bits per heavy atom. The van der Waals surface area contributed by atoms with Crippen molar-refractivity contribution in [2.24, 2.45) is 5.92 Å².